The second kappa shape index (κ2) is 9.16. The first kappa shape index (κ1) is 15.2. The number of nitrogens with one attached hydrogen (secondary N) is 1. The summed E-state index contributed by atoms with van der Waals surface area (Å²) in [6.07, 6.45) is 8.24. The van der Waals surface area contributed by atoms with Crippen molar-refractivity contribution in [2.75, 3.05) is 6.54 Å². The first-order valence-electron chi connectivity index (χ1n) is 7.51. The second-order valence-electron chi connectivity index (χ2n) is 5.37. The highest BCUT2D eigenvalue weighted by molar-refractivity contribution is 5.30. The number of rotatable bonds is 9. The van der Waals surface area contributed by atoms with Gasteiger partial charge in [0.25, 0.3) is 0 Å². The Bertz CT molecular complexity index is 330. The van der Waals surface area contributed by atoms with Crippen LogP contribution in [0, 0.1) is 13.8 Å². The van der Waals surface area contributed by atoms with Crippen molar-refractivity contribution in [3.8, 4) is 0 Å². The van der Waals surface area contributed by atoms with Gasteiger partial charge in [0.2, 0.25) is 0 Å². The Hall–Kier alpha value is -0.820. The van der Waals surface area contributed by atoms with Crippen LogP contribution in [0.3, 0.4) is 0 Å². The lowest BCUT2D eigenvalue weighted by molar-refractivity contribution is 0.571. The fourth-order valence-electron chi connectivity index (χ4n) is 2.24. The van der Waals surface area contributed by atoms with E-state index in [1.807, 2.05) is 0 Å². The smallest absolute Gasteiger partial charge is 0.0208 e. The summed E-state index contributed by atoms with van der Waals surface area (Å²) in [5, 5.41) is 3.56. The summed E-state index contributed by atoms with van der Waals surface area (Å²) in [7, 11) is 0. The van der Waals surface area contributed by atoms with Crippen molar-refractivity contribution < 1.29 is 0 Å². The van der Waals surface area contributed by atoms with E-state index in [1.165, 1.54) is 55.2 Å². The second-order valence-corrected chi connectivity index (χ2v) is 5.37. The van der Waals surface area contributed by atoms with E-state index in [9.17, 15) is 0 Å². The van der Waals surface area contributed by atoms with Crippen LogP contribution in [0.15, 0.2) is 18.2 Å². The molecule has 0 amide bonds. The summed E-state index contributed by atoms with van der Waals surface area (Å²) in [6.45, 7) is 8.80. The maximum Gasteiger partial charge on any atom is 0.0208 e. The lowest BCUT2D eigenvalue weighted by Gasteiger charge is -2.08. The topological polar surface area (TPSA) is 12.0 Å². The van der Waals surface area contributed by atoms with Crippen LogP contribution >= 0.6 is 0 Å². The summed E-state index contributed by atoms with van der Waals surface area (Å²) < 4.78 is 0. The summed E-state index contributed by atoms with van der Waals surface area (Å²) >= 11 is 0. The Labute approximate surface area is 113 Å². The highest BCUT2D eigenvalue weighted by Gasteiger charge is 1.98. The molecule has 0 fully saturated rings. The molecule has 0 spiro atoms. The number of benzene rings is 1. The third-order valence-electron chi connectivity index (χ3n) is 3.53. The summed E-state index contributed by atoms with van der Waals surface area (Å²) in [4.78, 5) is 0. The monoisotopic (exact) mass is 247 g/mol. The highest BCUT2D eigenvalue weighted by Crippen LogP contribution is 2.10. The van der Waals surface area contributed by atoms with Crippen molar-refractivity contribution >= 4 is 0 Å². The first-order chi connectivity index (χ1) is 8.74. The molecule has 0 bridgehead atoms. The molecular weight excluding hydrogens is 218 g/mol. The quantitative estimate of drug-likeness (QED) is 0.621. The fraction of sp³-hybridized carbons (Fsp3) is 0.647. The van der Waals surface area contributed by atoms with Crippen molar-refractivity contribution in [1.29, 1.82) is 0 Å². The van der Waals surface area contributed by atoms with Crippen molar-refractivity contribution in [3.63, 3.8) is 0 Å². The number of hydrogen-bond acceptors (Lipinski definition) is 1. The minimum Gasteiger partial charge on any atom is -0.313 e. The average molecular weight is 247 g/mol. The van der Waals surface area contributed by atoms with Gasteiger partial charge in [-0.3, -0.25) is 0 Å². The van der Waals surface area contributed by atoms with Crippen LogP contribution in [0.2, 0.25) is 0 Å². The Kier molecular flexibility index (Phi) is 7.75. The van der Waals surface area contributed by atoms with Gasteiger partial charge in [0.05, 0.1) is 0 Å². The van der Waals surface area contributed by atoms with Crippen LogP contribution < -0.4 is 5.32 Å². The van der Waals surface area contributed by atoms with Gasteiger partial charge in [-0.2, -0.15) is 0 Å². The van der Waals surface area contributed by atoms with E-state index in [4.69, 9.17) is 0 Å². The Balaban J connectivity index is 2.09. The average Bonchev–Trinajstić information content (AvgIpc) is 2.36. The maximum absolute atomic E-state index is 3.56. The molecule has 18 heavy (non-hydrogen) atoms. The molecule has 0 aliphatic heterocycles. The molecule has 1 N–H and O–H groups in total. The summed E-state index contributed by atoms with van der Waals surface area (Å²) in [5.74, 6) is 0. The third-order valence-corrected chi connectivity index (χ3v) is 3.53. The van der Waals surface area contributed by atoms with Gasteiger partial charge in [-0.05, 0) is 37.9 Å². The van der Waals surface area contributed by atoms with Gasteiger partial charge >= 0.3 is 0 Å². The molecule has 0 saturated carbocycles. The van der Waals surface area contributed by atoms with Gasteiger partial charge in [-0.1, -0.05) is 62.8 Å². The van der Waals surface area contributed by atoms with Gasteiger partial charge in [-0.25, -0.2) is 0 Å². The van der Waals surface area contributed by atoms with Gasteiger partial charge in [0.1, 0.15) is 0 Å². The molecule has 0 atom stereocenters. The molecule has 1 aromatic rings. The molecule has 0 aliphatic carbocycles. The van der Waals surface area contributed by atoms with E-state index in [1.54, 1.807) is 0 Å². The molecule has 1 heteroatoms. The van der Waals surface area contributed by atoms with Crippen LogP contribution in [-0.4, -0.2) is 6.54 Å². The van der Waals surface area contributed by atoms with E-state index in [2.05, 4.69) is 44.3 Å². The Morgan fingerprint density at radius 3 is 2.44 bits per heavy atom. The van der Waals surface area contributed by atoms with Crippen LogP contribution in [0.1, 0.15) is 62.1 Å². The van der Waals surface area contributed by atoms with Crippen molar-refractivity contribution in [1.82, 2.24) is 5.32 Å². The molecule has 1 rings (SSSR count). The fourth-order valence-corrected chi connectivity index (χ4v) is 2.24. The zero-order valence-corrected chi connectivity index (χ0v) is 12.4. The van der Waals surface area contributed by atoms with Gasteiger partial charge < -0.3 is 5.32 Å². The lowest BCUT2D eigenvalue weighted by Crippen LogP contribution is -2.15. The summed E-state index contributed by atoms with van der Waals surface area (Å²) in [5.41, 5.74) is 4.20. The lowest BCUT2D eigenvalue weighted by atomic mass is 10.1. The van der Waals surface area contributed by atoms with Gasteiger partial charge in [-0.15, -0.1) is 0 Å². The Morgan fingerprint density at radius 1 is 0.944 bits per heavy atom. The van der Waals surface area contributed by atoms with Crippen molar-refractivity contribution in [2.24, 2.45) is 0 Å². The van der Waals surface area contributed by atoms with Gasteiger partial charge in [0, 0.05) is 6.54 Å². The normalized spacial score (nSPS) is 10.8. The predicted molar refractivity (Wildman–Crippen MR) is 81.0 cm³/mol. The van der Waals surface area contributed by atoms with Crippen LogP contribution in [0.25, 0.3) is 0 Å². The van der Waals surface area contributed by atoms with Crippen molar-refractivity contribution in [3.05, 3.63) is 34.9 Å². The van der Waals surface area contributed by atoms with E-state index < -0.39 is 0 Å². The van der Waals surface area contributed by atoms with E-state index in [0.29, 0.717) is 0 Å². The van der Waals surface area contributed by atoms with E-state index >= 15 is 0 Å². The number of aryl methyl sites for hydroxylation is 2. The van der Waals surface area contributed by atoms with Gasteiger partial charge in [0.15, 0.2) is 0 Å². The van der Waals surface area contributed by atoms with E-state index in [0.717, 1.165) is 13.1 Å². The minimum absolute atomic E-state index is 1.02. The molecule has 0 unspecified atom stereocenters. The molecular formula is C17H29N. The third kappa shape index (κ3) is 6.20. The molecule has 102 valence electrons. The first-order valence-corrected chi connectivity index (χ1v) is 7.51. The van der Waals surface area contributed by atoms with Crippen LogP contribution in [0.4, 0.5) is 0 Å². The number of hydrogen-bond donors (Lipinski definition) is 1. The molecule has 0 radical (unpaired) electrons. The predicted octanol–water partition coefficient (Wildman–Crippen LogP) is 4.75. The zero-order chi connectivity index (χ0) is 13.2. The molecule has 0 heterocycles. The largest absolute Gasteiger partial charge is 0.313 e. The zero-order valence-electron chi connectivity index (χ0n) is 12.4. The maximum atomic E-state index is 3.56. The van der Waals surface area contributed by atoms with Crippen LogP contribution in [-0.2, 0) is 6.54 Å². The summed E-state index contributed by atoms with van der Waals surface area (Å²) in [6, 6.07) is 6.70. The molecule has 0 aromatic heterocycles. The standard InChI is InChI=1S/C17H29N/c1-4-5-6-7-8-9-12-18-14-17-13-15(2)10-11-16(17)3/h10-11,13,18H,4-9,12,14H2,1-3H3. The van der Waals surface area contributed by atoms with E-state index in [-0.39, 0.29) is 0 Å². The highest BCUT2D eigenvalue weighted by atomic mass is 14.8. The minimum atomic E-state index is 1.02. The SMILES string of the molecule is CCCCCCCCNCc1cc(C)ccc1C. The van der Waals surface area contributed by atoms with Crippen molar-refractivity contribution in [2.45, 2.75) is 65.8 Å². The molecule has 0 aliphatic rings. The molecule has 1 aromatic carbocycles. The Morgan fingerprint density at radius 2 is 1.67 bits per heavy atom. The van der Waals surface area contributed by atoms with Crippen LogP contribution in [0.5, 0.6) is 0 Å². The molecule has 1 nitrogen and oxygen atoms in total. The molecule has 0 saturated heterocycles. The number of unbranched alkanes of at least 4 members (excludes halogenated alkanes) is 5.